The van der Waals surface area contributed by atoms with E-state index in [1.807, 2.05) is 37.3 Å². The van der Waals surface area contributed by atoms with Gasteiger partial charge in [0.25, 0.3) is 0 Å². The minimum absolute atomic E-state index is 0.197. The highest BCUT2D eigenvalue weighted by Gasteiger charge is 2.09. The van der Waals surface area contributed by atoms with E-state index in [1.165, 1.54) is 0 Å². The average Bonchev–Trinajstić information content (AvgIpc) is 2.39. The van der Waals surface area contributed by atoms with Gasteiger partial charge in [-0.3, -0.25) is 0 Å². The van der Waals surface area contributed by atoms with Crippen molar-refractivity contribution in [2.24, 2.45) is 0 Å². The largest absolute Gasteiger partial charge is 0.383 e. The molecular weight excluding hydrogens is 238 g/mol. The molecule has 5 heteroatoms. The van der Waals surface area contributed by atoms with Crippen molar-refractivity contribution >= 4 is 22.8 Å². The van der Waals surface area contributed by atoms with Gasteiger partial charge in [-0.2, -0.15) is 4.98 Å². The van der Waals surface area contributed by atoms with Gasteiger partial charge in [0, 0.05) is 17.1 Å². The van der Waals surface area contributed by atoms with Crippen LogP contribution < -0.4 is 11.5 Å². The molecule has 0 saturated carbocycles. The first-order chi connectivity index (χ1) is 9.15. The Morgan fingerprint density at radius 1 is 1.00 bits per heavy atom. The fraction of sp³-hybridized carbons (Fsp3) is 0.0714. The first-order valence-corrected chi connectivity index (χ1v) is 5.90. The Morgan fingerprint density at radius 2 is 1.79 bits per heavy atom. The molecule has 0 aliphatic rings. The van der Waals surface area contributed by atoms with Crippen LogP contribution in [0.15, 0.2) is 36.5 Å². The summed E-state index contributed by atoms with van der Waals surface area (Å²) < 4.78 is 0. The number of benzene rings is 1. The zero-order valence-corrected chi connectivity index (χ0v) is 10.5. The average molecular weight is 251 g/mol. The molecule has 0 amide bonds. The van der Waals surface area contributed by atoms with E-state index in [2.05, 4.69) is 15.0 Å². The van der Waals surface area contributed by atoms with Crippen molar-refractivity contribution in [3.05, 3.63) is 42.1 Å². The molecule has 0 aliphatic carbocycles. The Balaban J connectivity index is 2.28. The molecule has 0 radical (unpaired) electrons. The number of fused-ring (bicyclic) bond motifs is 1. The molecule has 0 fully saturated rings. The number of hydrogen-bond acceptors (Lipinski definition) is 5. The molecule has 0 spiro atoms. The van der Waals surface area contributed by atoms with Gasteiger partial charge in [-0.05, 0) is 24.1 Å². The Hall–Kier alpha value is -2.69. The fourth-order valence-electron chi connectivity index (χ4n) is 2.08. The Bertz CT molecular complexity index is 767. The van der Waals surface area contributed by atoms with Gasteiger partial charge >= 0.3 is 0 Å². The van der Waals surface area contributed by atoms with Gasteiger partial charge in [0.1, 0.15) is 5.82 Å². The summed E-state index contributed by atoms with van der Waals surface area (Å²) in [4.78, 5) is 12.3. The normalized spacial score (nSPS) is 10.8. The maximum Gasteiger partial charge on any atom is 0.222 e. The second-order valence-electron chi connectivity index (χ2n) is 4.38. The zero-order valence-electron chi connectivity index (χ0n) is 10.5. The minimum Gasteiger partial charge on any atom is -0.383 e. The van der Waals surface area contributed by atoms with Crippen LogP contribution >= 0.6 is 0 Å². The molecule has 0 atom stereocenters. The Kier molecular flexibility index (Phi) is 2.52. The van der Waals surface area contributed by atoms with Crippen LogP contribution in [-0.2, 0) is 0 Å². The highest BCUT2D eigenvalue weighted by molar-refractivity contribution is 5.87. The number of aryl methyl sites for hydroxylation is 1. The van der Waals surface area contributed by atoms with Crippen LogP contribution in [0.5, 0.6) is 0 Å². The van der Waals surface area contributed by atoms with Gasteiger partial charge in [-0.15, -0.1) is 0 Å². The molecule has 0 aliphatic heterocycles. The van der Waals surface area contributed by atoms with Gasteiger partial charge in [0.2, 0.25) is 5.95 Å². The van der Waals surface area contributed by atoms with Gasteiger partial charge in [0.05, 0.1) is 0 Å². The number of anilines is 2. The topological polar surface area (TPSA) is 90.7 Å². The van der Waals surface area contributed by atoms with Crippen molar-refractivity contribution < 1.29 is 0 Å². The molecular formula is C14H13N5. The number of aromatic nitrogens is 3. The monoisotopic (exact) mass is 251 g/mol. The highest BCUT2D eigenvalue weighted by atomic mass is 15.0. The van der Waals surface area contributed by atoms with E-state index in [0.29, 0.717) is 11.5 Å². The Morgan fingerprint density at radius 3 is 2.58 bits per heavy atom. The van der Waals surface area contributed by atoms with E-state index in [4.69, 9.17) is 11.5 Å². The summed E-state index contributed by atoms with van der Waals surface area (Å²) in [6.45, 7) is 2.04. The van der Waals surface area contributed by atoms with Crippen molar-refractivity contribution in [1.29, 1.82) is 0 Å². The molecule has 0 unspecified atom stereocenters. The summed E-state index contributed by atoms with van der Waals surface area (Å²) in [5, 5.41) is 0.821. The molecule has 4 N–H and O–H groups in total. The SMILES string of the molecule is Cc1ccccc1-c1cc2cnc(N)nc2nc1N. The van der Waals surface area contributed by atoms with Crippen LogP contribution in [0.2, 0.25) is 0 Å². The molecule has 2 aromatic heterocycles. The first-order valence-electron chi connectivity index (χ1n) is 5.90. The van der Waals surface area contributed by atoms with Crippen LogP contribution in [0.3, 0.4) is 0 Å². The van der Waals surface area contributed by atoms with Crippen LogP contribution in [0.25, 0.3) is 22.2 Å². The summed E-state index contributed by atoms with van der Waals surface area (Å²) in [6.07, 6.45) is 1.66. The number of rotatable bonds is 1. The summed E-state index contributed by atoms with van der Waals surface area (Å²) in [7, 11) is 0. The van der Waals surface area contributed by atoms with E-state index in [-0.39, 0.29) is 5.95 Å². The second kappa shape index (κ2) is 4.20. The van der Waals surface area contributed by atoms with Crippen LogP contribution in [0.4, 0.5) is 11.8 Å². The standard InChI is InChI=1S/C14H13N5/c1-8-4-2-3-5-10(8)11-6-9-7-17-14(16)19-13(9)18-12(11)15/h2-7H,1H3,(H4,15,16,17,18,19). The van der Waals surface area contributed by atoms with Crippen LogP contribution in [-0.4, -0.2) is 15.0 Å². The molecule has 2 heterocycles. The first kappa shape index (κ1) is 11.4. The van der Waals surface area contributed by atoms with Crippen molar-refractivity contribution in [1.82, 2.24) is 15.0 Å². The zero-order chi connectivity index (χ0) is 13.4. The number of nitrogens with zero attached hydrogens (tertiary/aromatic N) is 3. The van der Waals surface area contributed by atoms with Crippen molar-refractivity contribution in [2.75, 3.05) is 11.5 Å². The van der Waals surface area contributed by atoms with E-state index in [1.54, 1.807) is 6.20 Å². The minimum atomic E-state index is 0.197. The smallest absolute Gasteiger partial charge is 0.222 e. The molecule has 3 rings (SSSR count). The van der Waals surface area contributed by atoms with Crippen molar-refractivity contribution in [2.45, 2.75) is 6.92 Å². The maximum atomic E-state index is 6.03. The number of nitrogens with two attached hydrogens (primary N) is 2. The van der Waals surface area contributed by atoms with Gasteiger partial charge in [0.15, 0.2) is 5.65 Å². The summed E-state index contributed by atoms with van der Waals surface area (Å²) >= 11 is 0. The molecule has 0 bridgehead atoms. The Labute approximate surface area is 110 Å². The summed E-state index contributed by atoms with van der Waals surface area (Å²) in [5.41, 5.74) is 15.2. The molecule has 3 aromatic rings. The number of pyridine rings is 1. The lowest BCUT2D eigenvalue weighted by Gasteiger charge is -2.09. The van der Waals surface area contributed by atoms with Crippen molar-refractivity contribution in [3.63, 3.8) is 0 Å². The van der Waals surface area contributed by atoms with Gasteiger partial charge in [-0.25, -0.2) is 9.97 Å². The predicted molar refractivity (Wildman–Crippen MR) is 76.3 cm³/mol. The number of hydrogen-bond donors (Lipinski definition) is 2. The molecule has 5 nitrogen and oxygen atoms in total. The van der Waals surface area contributed by atoms with Crippen molar-refractivity contribution in [3.8, 4) is 11.1 Å². The summed E-state index contributed by atoms with van der Waals surface area (Å²) in [5.74, 6) is 0.642. The lowest BCUT2D eigenvalue weighted by molar-refractivity contribution is 1.20. The van der Waals surface area contributed by atoms with Crippen LogP contribution in [0.1, 0.15) is 5.56 Å². The maximum absolute atomic E-state index is 6.03. The predicted octanol–water partition coefficient (Wildman–Crippen LogP) is 2.16. The van der Waals surface area contributed by atoms with E-state index < -0.39 is 0 Å². The lowest BCUT2D eigenvalue weighted by Crippen LogP contribution is -2.00. The number of nitrogen functional groups attached to an aromatic ring is 2. The second-order valence-corrected chi connectivity index (χ2v) is 4.38. The fourth-order valence-corrected chi connectivity index (χ4v) is 2.08. The quantitative estimate of drug-likeness (QED) is 0.691. The molecule has 1 aromatic carbocycles. The molecule has 94 valence electrons. The lowest BCUT2D eigenvalue weighted by atomic mass is 10.0. The van der Waals surface area contributed by atoms with Gasteiger partial charge < -0.3 is 11.5 Å². The highest BCUT2D eigenvalue weighted by Crippen LogP contribution is 2.29. The van der Waals surface area contributed by atoms with E-state index >= 15 is 0 Å². The van der Waals surface area contributed by atoms with E-state index in [9.17, 15) is 0 Å². The van der Waals surface area contributed by atoms with Gasteiger partial charge in [-0.1, -0.05) is 24.3 Å². The molecule has 0 saturated heterocycles. The summed E-state index contributed by atoms with van der Waals surface area (Å²) in [6, 6.07) is 9.98. The third-order valence-electron chi connectivity index (χ3n) is 3.05. The van der Waals surface area contributed by atoms with E-state index in [0.717, 1.165) is 22.1 Å². The van der Waals surface area contributed by atoms with Crippen LogP contribution in [0, 0.1) is 6.92 Å². The third kappa shape index (κ3) is 1.95. The third-order valence-corrected chi connectivity index (χ3v) is 3.05. The molecule has 19 heavy (non-hydrogen) atoms.